The molecule has 0 heterocycles. The molecule has 3 nitrogen and oxygen atoms in total. The van der Waals surface area contributed by atoms with E-state index in [1.54, 1.807) is 13.2 Å². The number of methoxy groups -OCH3 is 1. The lowest BCUT2D eigenvalue weighted by molar-refractivity contribution is 0.199. The van der Waals surface area contributed by atoms with Crippen molar-refractivity contribution in [3.63, 3.8) is 0 Å². The summed E-state index contributed by atoms with van der Waals surface area (Å²) >= 11 is 0. The van der Waals surface area contributed by atoms with E-state index in [0.717, 1.165) is 44.8 Å². The van der Waals surface area contributed by atoms with Crippen molar-refractivity contribution in [1.29, 1.82) is 0 Å². The van der Waals surface area contributed by atoms with E-state index in [-0.39, 0.29) is 5.82 Å². The fourth-order valence-corrected chi connectivity index (χ4v) is 1.53. The van der Waals surface area contributed by atoms with Gasteiger partial charge in [-0.05, 0) is 24.6 Å². The first-order valence-corrected chi connectivity index (χ1v) is 5.98. The van der Waals surface area contributed by atoms with Crippen LogP contribution in [0.5, 0.6) is 0 Å². The predicted octanol–water partition coefficient (Wildman–Crippen LogP) is 1.19. The SMILES string of the molecule is COCCNCCNCCc1ccccc1F. The molecule has 0 aliphatic heterocycles. The van der Waals surface area contributed by atoms with Crippen LogP contribution in [0.1, 0.15) is 5.56 Å². The average molecular weight is 240 g/mol. The molecule has 2 N–H and O–H groups in total. The Kier molecular flexibility index (Phi) is 7.54. The Morgan fingerprint density at radius 1 is 1.06 bits per heavy atom. The molecule has 1 aromatic carbocycles. The van der Waals surface area contributed by atoms with Crippen molar-refractivity contribution < 1.29 is 9.13 Å². The highest BCUT2D eigenvalue weighted by Crippen LogP contribution is 2.05. The van der Waals surface area contributed by atoms with Crippen LogP contribution in [0.3, 0.4) is 0 Å². The molecule has 1 aromatic rings. The lowest BCUT2D eigenvalue weighted by Crippen LogP contribution is -2.30. The first-order valence-electron chi connectivity index (χ1n) is 5.98. The number of rotatable bonds is 9. The van der Waals surface area contributed by atoms with Crippen LogP contribution in [-0.4, -0.2) is 39.9 Å². The molecular formula is C13H21FN2O. The molecule has 0 fully saturated rings. The average Bonchev–Trinajstić information content (AvgIpc) is 2.35. The molecule has 0 aliphatic carbocycles. The van der Waals surface area contributed by atoms with E-state index in [1.807, 2.05) is 12.1 Å². The van der Waals surface area contributed by atoms with Crippen LogP contribution in [-0.2, 0) is 11.2 Å². The normalized spacial score (nSPS) is 10.7. The molecule has 0 radical (unpaired) electrons. The van der Waals surface area contributed by atoms with Gasteiger partial charge in [0, 0.05) is 26.7 Å². The van der Waals surface area contributed by atoms with Crippen molar-refractivity contribution in [3.8, 4) is 0 Å². The van der Waals surface area contributed by atoms with Gasteiger partial charge in [-0.25, -0.2) is 4.39 Å². The molecule has 0 aliphatic rings. The smallest absolute Gasteiger partial charge is 0.126 e. The van der Waals surface area contributed by atoms with Crippen LogP contribution in [0.15, 0.2) is 24.3 Å². The molecule has 1 rings (SSSR count). The Hall–Kier alpha value is -0.970. The van der Waals surface area contributed by atoms with Crippen molar-refractivity contribution in [2.24, 2.45) is 0 Å². The molecule has 0 atom stereocenters. The number of nitrogens with one attached hydrogen (secondary N) is 2. The van der Waals surface area contributed by atoms with Crippen LogP contribution in [0, 0.1) is 5.82 Å². The molecule has 0 aromatic heterocycles. The fourth-order valence-electron chi connectivity index (χ4n) is 1.53. The van der Waals surface area contributed by atoms with Crippen LogP contribution in [0.4, 0.5) is 4.39 Å². The minimum atomic E-state index is -0.118. The Balaban J connectivity index is 1.99. The first kappa shape index (κ1) is 14.1. The zero-order valence-electron chi connectivity index (χ0n) is 10.3. The van der Waals surface area contributed by atoms with Gasteiger partial charge in [-0.3, -0.25) is 0 Å². The van der Waals surface area contributed by atoms with Crippen LogP contribution >= 0.6 is 0 Å². The van der Waals surface area contributed by atoms with Gasteiger partial charge in [0.05, 0.1) is 6.61 Å². The lowest BCUT2D eigenvalue weighted by atomic mass is 10.1. The summed E-state index contributed by atoms with van der Waals surface area (Å²) in [6.45, 7) is 4.19. The Morgan fingerprint density at radius 3 is 2.47 bits per heavy atom. The number of hydrogen-bond donors (Lipinski definition) is 2. The van der Waals surface area contributed by atoms with E-state index in [1.165, 1.54) is 6.07 Å². The highest BCUT2D eigenvalue weighted by Gasteiger charge is 1.98. The summed E-state index contributed by atoms with van der Waals surface area (Å²) in [5, 5.41) is 6.50. The molecular weight excluding hydrogens is 219 g/mol. The van der Waals surface area contributed by atoms with Gasteiger partial charge < -0.3 is 15.4 Å². The summed E-state index contributed by atoms with van der Waals surface area (Å²) in [7, 11) is 1.69. The van der Waals surface area contributed by atoms with E-state index in [0.29, 0.717) is 0 Å². The van der Waals surface area contributed by atoms with E-state index in [2.05, 4.69) is 10.6 Å². The zero-order chi connectivity index (χ0) is 12.3. The summed E-state index contributed by atoms with van der Waals surface area (Å²) in [6, 6.07) is 6.91. The largest absolute Gasteiger partial charge is 0.383 e. The topological polar surface area (TPSA) is 33.3 Å². The maximum absolute atomic E-state index is 13.3. The van der Waals surface area contributed by atoms with Gasteiger partial charge in [0.1, 0.15) is 5.82 Å². The molecule has 0 saturated carbocycles. The summed E-state index contributed by atoms with van der Waals surface area (Å²) in [6.07, 6.45) is 0.727. The van der Waals surface area contributed by atoms with Crippen molar-refractivity contribution in [3.05, 3.63) is 35.6 Å². The maximum atomic E-state index is 13.3. The third-order valence-corrected chi connectivity index (χ3v) is 2.49. The van der Waals surface area contributed by atoms with Gasteiger partial charge in [0.25, 0.3) is 0 Å². The lowest BCUT2D eigenvalue weighted by Gasteiger charge is -2.06. The molecule has 0 spiro atoms. The van der Waals surface area contributed by atoms with Crippen molar-refractivity contribution >= 4 is 0 Å². The maximum Gasteiger partial charge on any atom is 0.126 e. The molecule has 0 unspecified atom stereocenters. The minimum absolute atomic E-state index is 0.118. The summed E-state index contributed by atoms with van der Waals surface area (Å²) in [5.74, 6) is -0.118. The van der Waals surface area contributed by atoms with Gasteiger partial charge in [-0.1, -0.05) is 18.2 Å². The second-order valence-corrected chi connectivity index (χ2v) is 3.83. The predicted molar refractivity (Wildman–Crippen MR) is 67.7 cm³/mol. The van der Waals surface area contributed by atoms with Crippen LogP contribution in [0.25, 0.3) is 0 Å². The summed E-state index contributed by atoms with van der Waals surface area (Å²) in [4.78, 5) is 0. The monoisotopic (exact) mass is 240 g/mol. The summed E-state index contributed by atoms with van der Waals surface area (Å²) in [5.41, 5.74) is 0.771. The molecule has 0 amide bonds. The van der Waals surface area contributed by atoms with Crippen LogP contribution in [0.2, 0.25) is 0 Å². The molecule has 0 bridgehead atoms. The minimum Gasteiger partial charge on any atom is -0.383 e. The molecule has 17 heavy (non-hydrogen) atoms. The van der Waals surface area contributed by atoms with Gasteiger partial charge in [0.2, 0.25) is 0 Å². The fraction of sp³-hybridized carbons (Fsp3) is 0.538. The highest BCUT2D eigenvalue weighted by atomic mass is 19.1. The number of halogens is 1. The first-order chi connectivity index (χ1) is 8.34. The Bertz CT molecular complexity index is 307. The van der Waals surface area contributed by atoms with Gasteiger partial charge in [-0.15, -0.1) is 0 Å². The van der Waals surface area contributed by atoms with Gasteiger partial charge >= 0.3 is 0 Å². The summed E-state index contributed by atoms with van der Waals surface area (Å²) < 4.78 is 18.2. The van der Waals surface area contributed by atoms with Gasteiger partial charge in [0.15, 0.2) is 0 Å². The second-order valence-electron chi connectivity index (χ2n) is 3.83. The third-order valence-electron chi connectivity index (χ3n) is 2.49. The molecule has 96 valence electrons. The number of ether oxygens (including phenoxy) is 1. The molecule has 0 saturated heterocycles. The zero-order valence-corrected chi connectivity index (χ0v) is 10.3. The van der Waals surface area contributed by atoms with Crippen molar-refractivity contribution in [1.82, 2.24) is 10.6 Å². The molecule has 4 heteroatoms. The second kappa shape index (κ2) is 9.10. The van der Waals surface area contributed by atoms with E-state index >= 15 is 0 Å². The standard InChI is InChI=1S/C13H21FN2O/c1-17-11-10-16-9-8-15-7-6-12-4-2-3-5-13(12)14/h2-5,15-16H,6-11H2,1H3. The van der Waals surface area contributed by atoms with Gasteiger partial charge in [-0.2, -0.15) is 0 Å². The third kappa shape index (κ3) is 6.36. The van der Waals surface area contributed by atoms with Crippen molar-refractivity contribution in [2.75, 3.05) is 39.9 Å². The van der Waals surface area contributed by atoms with E-state index < -0.39 is 0 Å². The quantitative estimate of drug-likeness (QED) is 0.636. The van der Waals surface area contributed by atoms with Crippen LogP contribution < -0.4 is 10.6 Å². The Morgan fingerprint density at radius 2 is 1.76 bits per heavy atom. The highest BCUT2D eigenvalue weighted by molar-refractivity contribution is 5.17. The van der Waals surface area contributed by atoms with Crippen molar-refractivity contribution in [2.45, 2.75) is 6.42 Å². The number of hydrogen-bond acceptors (Lipinski definition) is 3. The van der Waals surface area contributed by atoms with E-state index in [9.17, 15) is 4.39 Å². The Labute approximate surface area is 102 Å². The number of benzene rings is 1. The van der Waals surface area contributed by atoms with E-state index in [4.69, 9.17) is 4.74 Å².